The van der Waals surface area contributed by atoms with Crippen molar-refractivity contribution in [2.45, 2.75) is 32.0 Å². The minimum atomic E-state index is -2.98. The van der Waals surface area contributed by atoms with Gasteiger partial charge in [-0.3, -0.25) is 4.98 Å². The number of aromatic nitrogens is 4. The predicted molar refractivity (Wildman–Crippen MR) is 148 cm³/mol. The summed E-state index contributed by atoms with van der Waals surface area (Å²) in [5.41, 5.74) is 2.22. The van der Waals surface area contributed by atoms with Gasteiger partial charge in [0, 0.05) is 22.8 Å². The number of hydrogen-bond acceptors (Lipinski definition) is 6. The molecule has 5 aromatic rings. The quantitative estimate of drug-likeness (QED) is 0.173. The van der Waals surface area contributed by atoms with Crippen molar-refractivity contribution in [3.8, 4) is 6.07 Å². The monoisotopic (exact) mass is 579 g/mol. The first-order valence-electron chi connectivity index (χ1n) is 12.5. The van der Waals surface area contributed by atoms with Gasteiger partial charge in [-0.05, 0) is 30.2 Å². The van der Waals surface area contributed by atoms with E-state index in [4.69, 9.17) is 11.6 Å². The summed E-state index contributed by atoms with van der Waals surface area (Å²) in [6.07, 6.45) is 3.07. The minimum absolute atomic E-state index is 0.0802. The van der Waals surface area contributed by atoms with Crippen LogP contribution in [-0.4, -0.2) is 20.0 Å². The van der Waals surface area contributed by atoms with E-state index in [2.05, 4.69) is 32.0 Å². The van der Waals surface area contributed by atoms with Gasteiger partial charge in [0.2, 0.25) is 0 Å². The zero-order chi connectivity index (χ0) is 29.1. The maximum atomic E-state index is 14.9. The van der Waals surface area contributed by atoms with Gasteiger partial charge in [0.05, 0.1) is 34.0 Å². The van der Waals surface area contributed by atoms with E-state index in [0.29, 0.717) is 33.4 Å². The molecule has 0 fully saturated rings. The Morgan fingerprint density at radius 1 is 1.05 bits per heavy atom. The number of pyridine rings is 1. The molecule has 2 unspecified atom stereocenters. The first-order chi connectivity index (χ1) is 19.8. The molecule has 0 saturated carbocycles. The van der Waals surface area contributed by atoms with Gasteiger partial charge in [0.25, 0.3) is 0 Å². The molecule has 41 heavy (non-hydrogen) atoms. The molecule has 2 heterocycles. The van der Waals surface area contributed by atoms with Gasteiger partial charge in [-0.1, -0.05) is 66.2 Å². The first-order valence-corrected chi connectivity index (χ1v) is 12.9. The third-order valence-electron chi connectivity index (χ3n) is 6.60. The third-order valence-corrected chi connectivity index (χ3v) is 6.89. The van der Waals surface area contributed by atoms with Gasteiger partial charge >= 0.3 is 6.55 Å². The van der Waals surface area contributed by atoms with E-state index in [9.17, 15) is 22.8 Å². The van der Waals surface area contributed by atoms with E-state index in [1.807, 2.05) is 37.3 Å². The Labute approximate surface area is 237 Å². The lowest BCUT2D eigenvalue weighted by atomic mass is 10.0. The van der Waals surface area contributed by atoms with Crippen LogP contribution in [0.3, 0.4) is 0 Å². The standard InChI is InChI=1S/C29H22ClF4N7/c1-2-23(16-7-4-3-5-8-16)38-26-17(13-35)14-36-27-20(26)11-18(12-21(27)30)37-28(19-9-6-10-22(31)25(19)32)24-15-41(29(33)34)40-39-24/h3-12,14-15,23,28-29,37H,2H2,1H3,(H,36,38). The number of rotatable bonds is 9. The summed E-state index contributed by atoms with van der Waals surface area (Å²) in [4.78, 5) is 4.36. The smallest absolute Gasteiger partial charge is 0.334 e. The molecule has 2 N–H and O–H groups in total. The fourth-order valence-electron chi connectivity index (χ4n) is 4.60. The molecule has 0 bridgehead atoms. The Morgan fingerprint density at radius 2 is 1.83 bits per heavy atom. The van der Waals surface area contributed by atoms with Crippen molar-refractivity contribution in [2.75, 3.05) is 10.6 Å². The fourth-order valence-corrected chi connectivity index (χ4v) is 4.87. The Morgan fingerprint density at radius 3 is 2.51 bits per heavy atom. The van der Waals surface area contributed by atoms with Crippen LogP contribution >= 0.6 is 11.6 Å². The largest absolute Gasteiger partial charge is 0.377 e. The summed E-state index contributed by atoms with van der Waals surface area (Å²) in [6.45, 7) is -0.977. The van der Waals surface area contributed by atoms with E-state index in [-0.39, 0.29) is 27.9 Å². The molecule has 0 radical (unpaired) electrons. The maximum Gasteiger partial charge on any atom is 0.334 e. The summed E-state index contributed by atoms with van der Waals surface area (Å²) < 4.78 is 56.0. The number of fused-ring (bicyclic) bond motifs is 1. The predicted octanol–water partition coefficient (Wildman–Crippen LogP) is 7.79. The average Bonchev–Trinajstić information content (AvgIpc) is 3.47. The molecule has 2 atom stereocenters. The van der Waals surface area contributed by atoms with Crippen LogP contribution in [-0.2, 0) is 0 Å². The fraction of sp³-hybridized carbons (Fsp3) is 0.172. The second-order valence-corrected chi connectivity index (χ2v) is 9.56. The van der Waals surface area contributed by atoms with E-state index >= 15 is 0 Å². The second-order valence-electron chi connectivity index (χ2n) is 9.15. The molecule has 2 aromatic heterocycles. The number of halogens is 5. The second kappa shape index (κ2) is 11.8. The van der Waals surface area contributed by atoms with Crippen molar-refractivity contribution >= 4 is 33.9 Å². The van der Waals surface area contributed by atoms with Crippen LogP contribution in [0.25, 0.3) is 10.9 Å². The summed E-state index contributed by atoms with van der Waals surface area (Å²) in [5.74, 6) is -2.29. The molecule has 0 saturated heterocycles. The molecule has 12 heteroatoms. The zero-order valence-corrected chi connectivity index (χ0v) is 22.2. The topological polar surface area (TPSA) is 91.5 Å². The molecule has 0 spiro atoms. The number of benzene rings is 3. The highest BCUT2D eigenvalue weighted by Gasteiger charge is 2.25. The molecule has 0 amide bonds. The summed E-state index contributed by atoms with van der Waals surface area (Å²) in [6, 6.07) is 17.2. The number of alkyl halides is 2. The van der Waals surface area contributed by atoms with Crippen molar-refractivity contribution in [3.05, 3.63) is 112 Å². The Balaban J connectivity index is 1.63. The molecular weight excluding hydrogens is 558 g/mol. The van der Waals surface area contributed by atoms with Crippen LogP contribution in [0, 0.1) is 23.0 Å². The van der Waals surface area contributed by atoms with E-state index in [0.717, 1.165) is 17.8 Å². The van der Waals surface area contributed by atoms with E-state index in [1.54, 1.807) is 6.07 Å². The van der Waals surface area contributed by atoms with Gasteiger partial charge in [-0.2, -0.15) is 18.7 Å². The third kappa shape index (κ3) is 5.64. The van der Waals surface area contributed by atoms with Crippen molar-refractivity contribution in [1.29, 1.82) is 5.26 Å². The van der Waals surface area contributed by atoms with Crippen LogP contribution in [0.5, 0.6) is 0 Å². The van der Waals surface area contributed by atoms with Crippen molar-refractivity contribution in [3.63, 3.8) is 0 Å². The van der Waals surface area contributed by atoms with Crippen molar-refractivity contribution < 1.29 is 17.6 Å². The van der Waals surface area contributed by atoms with Gasteiger partial charge in [-0.15, -0.1) is 5.10 Å². The normalized spacial score (nSPS) is 12.7. The zero-order valence-electron chi connectivity index (χ0n) is 21.5. The van der Waals surface area contributed by atoms with E-state index < -0.39 is 24.2 Å². The Bertz CT molecular complexity index is 1740. The number of hydrogen-bond donors (Lipinski definition) is 2. The minimum Gasteiger partial charge on any atom is -0.377 e. The van der Waals surface area contributed by atoms with Gasteiger partial charge in [-0.25, -0.2) is 8.78 Å². The highest BCUT2D eigenvalue weighted by atomic mass is 35.5. The molecular formula is C29H22ClF4N7. The van der Waals surface area contributed by atoms with Crippen LogP contribution < -0.4 is 10.6 Å². The summed E-state index contributed by atoms with van der Waals surface area (Å²) >= 11 is 6.62. The van der Waals surface area contributed by atoms with E-state index in [1.165, 1.54) is 24.4 Å². The van der Waals surface area contributed by atoms with Crippen LogP contribution in [0.4, 0.5) is 28.9 Å². The lowest BCUT2D eigenvalue weighted by Gasteiger charge is -2.23. The molecule has 0 aliphatic carbocycles. The van der Waals surface area contributed by atoms with Crippen molar-refractivity contribution in [2.24, 2.45) is 0 Å². The highest BCUT2D eigenvalue weighted by Crippen LogP contribution is 2.37. The number of nitrogens with one attached hydrogen (secondary N) is 2. The molecule has 208 valence electrons. The molecule has 3 aromatic carbocycles. The van der Waals surface area contributed by atoms with Crippen LogP contribution in [0.2, 0.25) is 5.02 Å². The molecule has 7 nitrogen and oxygen atoms in total. The highest BCUT2D eigenvalue weighted by molar-refractivity contribution is 6.35. The van der Waals surface area contributed by atoms with Crippen LogP contribution in [0.1, 0.15) is 54.4 Å². The maximum absolute atomic E-state index is 14.9. The van der Waals surface area contributed by atoms with Gasteiger partial charge in [0.15, 0.2) is 11.6 Å². The van der Waals surface area contributed by atoms with Crippen molar-refractivity contribution in [1.82, 2.24) is 20.0 Å². The first kappa shape index (κ1) is 27.9. The summed E-state index contributed by atoms with van der Waals surface area (Å²) in [7, 11) is 0. The SMILES string of the molecule is CCC(Nc1c(C#N)cnc2c(Cl)cc(NC(c3cn(C(F)F)nn3)c3cccc(F)c3F)cc12)c1ccccc1. The number of nitrogens with zero attached hydrogens (tertiary/aromatic N) is 5. The molecule has 0 aliphatic heterocycles. The molecule has 0 aliphatic rings. The van der Waals surface area contributed by atoms with Gasteiger partial charge < -0.3 is 10.6 Å². The number of nitriles is 1. The Hall–Kier alpha value is -4.69. The lowest BCUT2D eigenvalue weighted by molar-refractivity contribution is 0.0545. The molecule has 5 rings (SSSR count). The number of anilines is 2. The summed E-state index contributed by atoms with van der Waals surface area (Å²) in [5, 5.41) is 24.2. The van der Waals surface area contributed by atoms with Gasteiger partial charge in [0.1, 0.15) is 17.8 Å². The van der Waals surface area contributed by atoms with Crippen LogP contribution in [0.15, 0.2) is 73.1 Å². The lowest BCUT2D eigenvalue weighted by Crippen LogP contribution is -2.16. The average molecular weight is 580 g/mol. The Kier molecular flexibility index (Phi) is 8.03.